The van der Waals surface area contributed by atoms with Gasteiger partial charge in [-0.1, -0.05) is 106 Å². The lowest BCUT2D eigenvalue weighted by Gasteiger charge is -2.25. The Morgan fingerprint density at radius 3 is 2.41 bits per heavy atom. The van der Waals surface area contributed by atoms with E-state index in [9.17, 15) is 14.7 Å². The molecule has 5 rings (SSSR count). The number of benzene rings is 2. The van der Waals surface area contributed by atoms with Crippen LogP contribution in [0.2, 0.25) is 0 Å². The Labute approximate surface area is 246 Å². The number of hydrogen-bond acceptors (Lipinski definition) is 4. The van der Waals surface area contributed by atoms with Gasteiger partial charge in [0.25, 0.3) is 0 Å². The molecule has 0 unspecified atom stereocenters. The first-order valence-electron chi connectivity index (χ1n) is 16.0. The van der Waals surface area contributed by atoms with E-state index in [1.807, 2.05) is 24.3 Å². The van der Waals surface area contributed by atoms with E-state index in [1.165, 1.54) is 58.5 Å². The minimum atomic E-state index is -0.261. The van der Waals surface area contributed by atoms with Crippen molar-refractivity contribution in [1.29, 1.82) is 0 Å². The number of Topliss-reactive ketones (excluding diaryl/α,β-unsaturated/α-hetero) is 2. The van der Waals surface area contributed by atoms with Gasteiger partial charge in [-0.2, -0.15) is 0 Å². The van der Waals surface area contributed by atoms with Gasteiger partial charge in [0.2, 0.25) is 0 Å². The topological polar surface area (TPSA) is 63.6 Å². The largest absolute Gasteiger partial charge is 0.504 e. The number of carbonyl (C=O) groups excluding carboxylic acids is 2. The highest BCUT2D eigenvalue weighted by Crippen LogP contribution is 2.39. The summed E-state index contributed by atoms with van der Waals surface area (Å²) in [5.74, 6) is 8.70. The van der Waals surface area contributed by atoms with Crippen molar-refractivity contribution in [2.24, 2.45) is 23.7 Å². The van der Waals surface area contributed by atoms with Crippen molar-refractivity contribution >= 4 is 11.6 Å². The molecule has 4 heteroatoms. The van der Waals surface area contributed by atoms with E-state index >= 15 is 0 Å². The molecule has 0 radical (unpaired) electrons. The van der Waals surface area contributed by atoms with Crippen molar-refractivity contribution in [2.45, 2.75) is 102 Å². The molecule has 0 aliphatic heterocycles. The molecule has 0 amide bonds. The normalized spacial score (nSPS) is 25.9. The summed E-state index contributed by atoms with van der Waals surface area (Å²) < 4.78 is 5.40. The number of carbonyl (C=O) groups is 2. The Balaban J connectivity index is 1.44. The highest BCUT2D eigenvalue weighted by atomic mass is 16.5. The number of phenolic OH excluding ortho intramolecular Hbond substituents is 1. The predicted molar refractivity (Wildman–Crippen MR) is 163 cm³/mol. The van der Waals surface area contributed by atoms with Gasteiger partial charge in [-0.05, 0) is 59.9 Å². The molecule has 3 aliphatic carbocycles. The lowest BCUT2D eigenvalue weighted by atomic mass is 9.78. The van der Waals surface area contributed by atoms with Crippen LogP contribution < -0.4 is 4.74 Å². The fraction of sp³-hybridized carbons (Fsp3) is 0.568. The zero-order valence-corrected chi connectivity index (χ0v) is 24.7. The monoisotopic (exact) mass is 554 g/mol. The van der Waals surface area contributed by atoms with Crippen LogP contribution in [0.15, 0.2) is 42.5 Å². The van der Waals surface area contributed by atoms with Crippen molar-refractivity contribution in [3.05, 3.63) is 59.2 Å². The maximum absolute atomic E-state index is 13.7. The third-order valence-corrected chi connectivity index (χ3v) is 9.91. The molecule has 0 spiro atoms. The maximum atomic E-state index is 13.7. The summed E-state index contributed by atoms with van der Waals surface area (Å²) in [6, 6.07) is 13.7. The Bertz CT molecular complexity index is 1250. The molecule has 3 aliphatic rings. The summed E-state index contributed by atoms with van der Waals surface area (Å²) >= 11 is 0. The number of methoxy groups -OCH3 is 1. The molecule has 0 saturated heterocycles. The number of ether oxygens (including phenoxy) is 1. The Morgan fingerprint density at radius 1 is 0.878 bits per heavy atom. The molecule has 2 aromatic rings. The van der Waals surface area contributed by atoms with E-state index in [1.54, 1.807) is 6.07 Å². The van der Waals surface area contributed by atoms with Crippen LogP contribution in [-0.2, 0) is 16.0 Å². The van der Waals surface area contributed by atoms with Crippen LogP contribution in [0, 0.1) is 35.5 Å². The van der Waals surface area contributed by atoms with Crippen LogP contribution in [-0.4, -0.2) is 23.8 Å². The van der Waals surface area contributed by atoms with Crippen LogP contribution >= 0.6 is 0 Å². The first kappa shape index (κ1) is 29.4. The Kier molecular flexibility index (Phi) is 10.2. The SMILES string of the molecule is COc1cc2c(cc1O)[C@H](c1ccccc1)C#C[C@@H]1CCC[C@H](CCCC3CCCCC3)C[C@H]1C(=O)CC(=O)CC2. The lowest BCUT2D eigenvalue weighted by molar-refractivity contribution is -0.130. The molecule has 0 bridgehead atoms. The highest BCUT2D eigenvalue weighted by Gasteiger charge is 2.34. The Morgan fingerprint density at radius 2 is 1.63 bits per heavy atom. The van der Waals surface area contributed by atoms with Crippen molar-refractivity contribution in [1.82, 2.24) is 0 Å². The molecule has 218 valence electrons. The minimum Gasteiger partial charge on any atom is -0.504 e. The number of rotatable bonds is 6. The number of phenols is 1. The van der Waals surface area contributed by atoms with Gasteiger partial charge in [0.15, 0.2) is 11.5 Å². The van der Waals surface area contributed by atoms with Crippen molar-refractivity contribution in [3.8, 4) is 23.3 Å². The number of aromatic hydroxyl groups is 1. The van der Waals surface area contributed by atoms with Gasteiger partial charge in [0.1, 0.15) is 11.6 Å². The summed E-state index contributed by atoms with van der Waals surface area (Å²) in [4.78, 5) is 26.8. The van der Waals surface area contributed by atoms with Crippen LogP contribution in [0.4, 0.5) is 0 Å². The van der Waals surface area contributed by atoms with Gasteiger partial charge < -0.3 is 9.84 Å². The Hall–Kier alpha value is -3.06. The standard InChI is InChI=1S/C37H46O4/c1-41-37-23-30-18-20-31(38)24-35(39)34-22-27(13-8-12-26-10-4-2-5-11-26)14-9-17-29(34)19-21-32(33(30)25-36(37)40)28-15-6-3-7-16-28/h3,6-7,15-16,23,25-27,29,32,34,40H,2,4-5,8-14,17-18,20,22,24H2,1H3/t27-,29-,32-,34+/m0/s1. The van der Waals surface area contributed by atoms with Crippen LogP contribution in [0.5, 0.6) is 11.5 Å². The molecule has 4 atom stereocenters. The second-order valence-corrected chi connectivity index (χ2v) is 12.7. The third kappa shape index (κ3) is 7.62. The van der Waals surface area contributed by atoms with Gasteiger partial charge >= 0.3 is 0 Å². The zero-order valence-electron chi connectivity index (χ0n) is 24.7. The van der Waals surface area contributed by atoms with Gasteiger partial charge in [-0.15, -0.1) is 0 Å². The molecule has 1 N–H and O–H groups in total. The summed E-state index contributed by atoms with van der Waals surface area (Å²) in [6.07, 6.45) is 15.5. The van der Waals surface area contributed by atoms with Crippen LogP contribution in [0.1, 0.15) is 112 Å². The van der Waals surface area contributed by atoms with E-state index in [0.717, 1.165) is 48.3 Å². The van der Waals surface area contributed by atoms with Crippen molar-refractivity contribution in [2.75, 3.05) is 7.11 Å². The molecule has 2 saturated carbocycles. The number of ketones is 2. The van der Waals surface area contributed by atoms with E-state index in [-0.39, 0.29) is 41.5 Å². The molecule has 2 fully saturated rings. The molecule has 0 aromatic heterocycles. The van der Waals surface area contributed by atoms with Gasteiger partial charge in [0.05, 0.1) is 19.4 Å². The minimum absolute atomic E-state index is 0.00427. The van der Waals surface area contributed by atoms with Crippen molar-refractivity contribution in [3.63, 3.8) is 0 Å². The second kappa shape index (κ2) is 14.2. The summed E-state index contributed by atoms with van der Waals surface area (Å²) in [5.41, 5.74) is 2.89. The maximum Gasteiger partial charge on any atom is 0.160 e. The van der Waals surface area contributed by atoms with Crippen LogP contribution in [0.3, 0.4) is 0 Å². The number of fused-ring (bicyclic) bond motifs is 2. The molecule has 2 aromatic carbocycles. The fourth-order valence-corrected chi connectivity index (χ4v) is 7.57. The van der Waals surface area contributed by atoms with Gasteiger partial charge in [0, 0.05) is 18.3 Å². The van der Waals surface area contributed by atoms with E-state index in [2.05, 4.69) is 24.0 Å². The van der Waals surface area contributed by atoms with E-state index in [4.69, 9.17) is 4.74 Å². The summed E-state index contributed by atoms with van der Waals surface area (Å²) in [6.45, 7) is 0. The van der Waals surface area contributed by atoms with E-state index in [0.29, 0.717) is 24.5 Å². The fourth-order valence-electron chi connectivity index (χ4n) is 7.57. The van der Waals surface area contributed by atoms with Gasteiger partial charge in [-0.3, -0.25) is 9.59 Å². The average molecular weight is 555 g/mol. The van der Waals surface area contributed by atoms with Crippen molar-refractivity contribution < 1.29 is 19.4 Å². The molecular formula is C37H46O4. The lowest BCUT2D eigenvalue weighted by Crippen LogP contribution is -2.26. The third-order valence-electron chi connectivity index (χ3n) is 9.91. The molecule has 0 heterocycles. The van der Waals surface area contributed by atoms with Gasteiger partial charge in [-0.25, -0.2) is 0 Å². The highest BCUT2D eigenvalue weighted by molar-refractivity contribution is 6.00. The van der Waals surface area contributed by atoms with Crippen LogP contribution in [0.25, 0.3) is 0 Å². The summed E-state index contributed by atoms with van der Waals surface area (Å²) in [5, 5.41) is 10.7. The quantitative estimate of drug-likeness (QED) is 0.289. The predicted octanol–water partition coefficient (Wildman–Crippen LogP) is 8.18. The second-order valence-electron chi connectivity index (χ2n) is 12.7. The van der Waals surface area contributed by atoms with E-state index < -0.39 is 0 Å². The smallest absolute Gasteiger partial charge is 0.160 e. The average Bonchev–Trinajstić information content (AvgIpc) is 3.19. The molecular weight excluding hydrogens is 508 g/mol. The zero-order chi connectivity index (χ0) is 28.6. The number of hydrogen-bond donors (Lipinski definition) is 1. The molecule has 41 heavy (non-hydrogen) atoms. The molecule has 4 nitrogen and oxygen atoms in total. The first-order chi connectivity index (χ1) is 20.0. The number of aryl methyl sites for hydroxylation is 1. The first-order valence-corrected chi connectivity index (χ1v) is 16.0. The summed E-state index contributed by atoms with van der Waals surface area (Å²) in [7, 11) is 1.53.